The van der Waals surface area contributed by atoms with Gasteiger partial charge in [0.2, 0.25) is 0 Å². The van der Waals surface area contributed by atoms with Crippen molar-refractivity contribution in [2.75, 3.05) is 20.2 Å². The van der Waals surface area contributed by atoms with E-state index in [1.807, 2.05) is 30.5 Å². The Morgan fingerprint density at radius 1 is 1.22 bits per heavy atom. The van der Waals surface area contributed by atoms with Crippen LogP contribution in [0.1, 0.15) is 30.1 Å². The maximum Gasteiger partial charge on any atom is 0.131 e. The predicted molar refractivity (Wildman–Crippen MR) is 124 cm³/mol. The minimum atomic E-state index is -0.546. The number of piperidine rings is 3. The standard InChI is InChI=1S/C27H31N2O2.ClH/c1-3-20-18-29(17-19-7-5-4-6-8-19)14-12-21(20)15-26(29)27(30)23-11-13-28-25-10-9-22(31-2)16-24(23)25;/h3-11,13,16,20-21,26-27,30H,1,12,14-15,17-18H2,2H3;1H/q+1;/p-1/t20-,21-,26-,27+,29+;/m0./s1. The maximum atomic E-state index is 11.8. The molecule has 3 saturated heterocycles. The molecular weight excluding hydrogens is 420 g/mol. The van der Waals surface area contributed by atoms with E-state index >= 15 is 0 Å². The summed E-state index contributed by atoms with van der Waals surface area (Å²) in [5.41, 5.74) is 3.19. The summed E-state index contributed by atoms with van der Waals surface area (Å²) in [5.74, 6) is 1.92. The quantitative estimate of drug-likeness (QED) is 0.460. The highest BCUT2D eigenvalue weighted by atomic mass is 35.5. The van der Waals surface area contributed by atoms with Crippen molar-refractivity contribution in [2.24, 2.45) is 11.8 Å². The molecule has 0 radical (unpaired) electrons. The van der Waals surface area contributed by atoms with Gasteiger partial charge in [-0.15, -0.1) is 6.58 Å². The predicted octanol–water partition coefficient (Wildman–Crippen LogP) is 1.89. The normalized spacial score (nSPS) is 27.5. The summed E-state index contributed by atoms with van der Waals surface area (Å²) >= 11 is 0. The Bertz CT molecular complexity index is 1090. The number of fused-ring (bicyclic) bond motifs is 4. The van der Waals surface area contributed by atoms with Gasteiger partial charge < -0.3 is 26.7 Å². The molecule has 3 fully saturated rings. The molecule has 4 heterocycles. The third-order valence-electron chi connectivity index (χ3n) is 7.68. The fraction of sp³-hybridized carbons (Fsp3) is 0.370. The highest BCUT2D eigenvalue weighted by molar-refractivity contribution is 5.83. The van der Waals surface area contributed by atoms with Crippen molar-refractivity contribution in [3.05, 3.63) is 84.6 Å². The molecule has 3 aromatic rings. The molecule has 5 heteroatoms. The molecule has 3 aliphatic heterocycles. The van der Waals surface area contributed by atoms with Gasteiger partial charge in [-0.2, -0.15) is 0 Å². The average molecular weight is 451 g/mol. The molecule has 2 aromatic carbocycles. The Morgan fingerprint density at radius 3 is 2.78 bits per heavy atom. The van der Waals surface area contributed by atoms with Crippen molar-refractivity contribution in [1.82, 2.24) is 4.98 Å². The molecule has 0 amide bonds. The second-order valence-electron chi connectivity index (χ2n) is 9.25. The van der Waals surface area contributed by atoms with Crippen LogP contribution in [0.5, 0.6) is 5.75 Å². The summed E-state index contributed by atoms with van der Waals surface area (Å²) in [6, 6.07) is 18.8. The lowest BCUT2D eigenvalue weighted by Crippen LogP contribution is -3.00. The molecule has 2 bridgehead atoms. The molecular formula is C27H31ClN2O2. The number of aromatic nitrogens is 1. The fourth-order valence-electron chi connectivity index (χ4n) is 6.07. The minimum Gasteiger partial charge on any atom is -1.00 e. The van der Waals surface area contributed by atoms with Gasteiger partial charge in [0.15, 0.2) is 0 Å². The van der Waals surface area contributed by atoms with Gasteiger partial charge in [-0.3, -0.25) is 4.98 Å². The third kappa shape index (κ3) is 3.92. The smallest absolute Gasteiger partial charge is 0.131 e. The molecule has 0 aliphatic carbocycles. The Hall–Kier alpha value is -2.40. The fourth-order valence-corrected chi connectivity index (χ4v) is 6.07. The first kappa shape index (κ1) is 22.8. The van der Waals surface area contributed by atoms with E-state index in [9.17, 15) is 5.11 Å². The van der Waals surface area contributed by atoms with Crippen molar-refractivity contribution < 1.29 is 26.7 Å². The van der Waals surface area contributed by atoms with Gasteiger partial charge in [0, 0.05) is 35.9 Å². The van der Waals surface area contributed by atoms with Crippen molar-refractivity contribution >= 4 is 10.9 Å². The van der Waals surface area contributed by atoms with Crippen LogP contribution in [0.15, 0.2) is 73.4 Å². The number of hydrogen-bond donors (Lipinski definition) is 1. The van der Waals surface area contributed by atoms with Crippen LogP contribution in [0.2, 0.25) is 0 Å². The lowest BCUT2D eigenvalue weighted by Gasteiger charge is -2.58. The molecule has 4 nitrogen and oxygen atoms in total. The molecule has 6 rings (SSSR count). The Labute approximate surface area is 196 Å². The number of benzene rings is 2. The zero-order valence-corrected chi connectivity index (χ0v) is 19.3. The lowest BCUT2D eigenvalue weighted by atomic mass is 9.71. The van der Waals surface area contributed by atoms with E-state index < -0.39 is 6.10 Å². The van der Waals surface area contributed by atoms with E-state index in [4.69, 9.17) is 4.74 Å². The average Bonchev–Trinajstić information content (AvgIpc) is 2.83. The number of halogens is 1. The van der Waals surface area contributed by atoms with Crippen LogP contribution in [0, 0.1) is 11.8 Å². The molecule has 5 atom stereocenters. The van der Waals surface area contributed by atoms with Crippen LogP contribution >= 0.6 is 0 Å². The SMILES string of the molecule is C=C[C@H]1C[N@+]2(Cc3ccccc3)CC[C@H]1C[C@H]2[C@H](O)c1ccnc2ccc(OC)cc12.[Cl-]. The number of aliphatic hydroxyl groups excluding tert-OH is 1. The number of nitrogens with zero attached hydrogens (tertiary/aromatic N) is 2. The van der Waals surface area contributed by atoms with Crippen LogP contribution < -0.4 is 17.1 Å². The van der Waals surface area contributed by atoms with E-state index in [2.05, 4.69) is 48.0 Å². The first-order chi connectivity index (χ1) is 15.1. The van der Waals surface area contributed by atoms with Gasteiger partial charge in [0.05, 0.1) is 25.7 Å². The summed E-state index contributed by atoms with van der Waals surface area (Å²) in [7, 11) is 1.68. The molecule has 0 saturated carbocycles. The van der Waals surface area contributed by atoms with Gasteiger partial charge >= 0.3 is 0 Å². The number of pyridine rings is 1. The van der Waals surface area contributed by atoms with E-state index in [1.165, 1.54) is 12.0 Å². The lowest BCUT2D eigenvalue weighted by molar-refractivity contribution is -0.984. The minimum absolute atomic E-state index is 0. The van der Waals surface area contributed by atoms with Gasteiger partial charge in [0.1, 0.15) is 24.4 Å². The summed E-state index contributed by atoms with van der Waals surface area (Å²) in [4.78, 5) is 4.52. The second kappa shape index (κ2) is 9.22. The Morgan fingerprint density at radius 2 is 2.03 bits per heavy atom. The zero-order valence-electron chi connectivity index (χ0n) is 18.5. The van der Waals surface area contributed by atoms with Gasteiger partial charge in [-0.05, 0) is 35.7 Å². The number of ether oxygens (including phenoxy) is 1. The largest absolute Gasteiger partial charge is 1.00 e. The number of hydrogen-bond acceptors (Lipinski definition) is 3. The van der Waals surface area contributed by atoms with Crippen LogP contribution in [0.4, 0.5) is 0 Å². The molecule has 0 spiro atoms. The van der Waals surface area contributed by atoms with Crippen molar-refractivity contribution in [2.45, 2.75) is 31.5 Å². The highest BCUT2D eigenvalue weighted by Crippen LogP contribution is 2.48. The third-order valence-corrected chi connectivity index (χ3v) is 7.68. The number of rotatable bonds is 6. The van der Waals surface area contributed by atoms with Crippen molar-refractivity contribution in [3.8, 4) is 5.75 Å². The van der Waals surface area contributed by atoms with E-state index in [0.29, 0.717) is 11.8 Å². The van der Waals surface area contributed by atoms with Crippen LogP contribution in [-0.4, -0.2) is 40.8 Å². The van der Waals surface area contributed by atoms with Crippen LogP contribution in [0.25, 0.3) is 10.9 Å². The first-order valence-corrected chi connectivity index (χ1v) is 11.3. The number of quaternary nitrogens is 1. The van der Waals surface area contributed by atoms with E-state index in [-0.39, 0.29) is 18.4 Å². The zero-order chi connectivity index (χ0) is 21.4. The molecule has 1 aromatic heterocycles. The molecule has 32 heavy (non-hydrogen) atoms. The summed E-state index contributed by atoms with van der Waals surface area (Å²) < 4.78 is 6.38. The summed E-state index contributed by atoms with van der Waals surface area (Å²) in [6.45, 7) is 7.25. The molecule has 168 valence electrons. The first-order valence-electron chi connectivity index (χ1n) is 11.3. The molecule has 1 N–H and O–H groups in total. The van der Waals surface area contributed by atoms with Crippen LogP contribution in [0.3, 0.4) is 0 Å². The number of methoxy groups -OCH3 is 1. The topological polar surface area (TPSA) is 42.4 Å². The van der Waals surface area contributed by atoms with Crippen LogP contribution in [-0.2, 0) is 6.54 Å². The summed E-state index contributed by atoms with van der Waals surface area (Å²) in [6.07, 6.45) is 5.65. The van der Waals surface area contributed by atoms with Crippen molar-refractivity contribution in [3.63, 3.8) is 0 Å². The van der Waals surface area contributed by atoms with Crippen molar-refractivity contribution in [1.29, 1.82) is 0 Å². The van der Waals surface area contributed by atoms with Gasteiger partial charge in [-0.25, -0.2) is 0 Å². The monoisotopic (exact) mass is 450 g/mol. The Balaban J connectivity index is 0.00000245. The summed E-state index contributed by atoms with van der Waals surface area (Å²) in [5, 5.41) is 12.8. The second-order valence-corrected chi connectivity index (χ2v) is 9.25. The maximum absolute atomic E-state index is 11.8. The van der Waals surface area contributed by atoms with Gasteiger partial charge in [0.25, 0.3) is 0 Å². The van der Waals surface area contributed by atoms with Gasteiger partial charge in [-0.1, -0.05) is 36.4 Å². The highest BCUT2D eigenvalue weighted by Gasteiger charge is 2.53. The Kier molecular flexibility index (Phi) is 6.57. The molecule has 3 aliphatic rings. The van der Waals surface area contributed by atoms with E-state index in [0.717, 1.165) is 52.8 Å². The van der Waals surface area contributed by atoms with E-state index in [1.54, 1.807) is 7.11 Å². The molecule has 0 unspecified atom stereocenters. The number of aliphatic hydroxyl groups is 1.